The number of nitrogens with one attached hydrogen (secondary N) is 1. The van der Waals surface area contributed by atoms with Gasteiger partial charge >= 0.3 is 51.4 Å². The van der Waals surface area contributed by atoms with Gasteiger partial charge in [0.1, 0.15) is 0 Å². The standard InChI is InChI=1S/C6H5IN.K/c7-5-3-1-2-4-6(5)8;/h1-4,8H;/q-1;+1. The van der Waals surface area contributed by atoms with Crippen LogP contribution >= 0.6 is 22.6 Å². The Morgan fingerprint density at radius 2 is 1.78 bits per heavy atom. The Hall–Kier alpha value is 1.39. The van der Waals surface area contributed by atoms with E-state index in [1.165, 1.54) is 0 Å². The third-order valence-electron chi connectivity index (χ3n) is 0.874. The summed E-state index contributed by atoms with van der Waals surface area (Å²) in [4.78, 5) is 0. The van der Waals surface area contributed by atoms with Crippen molar-refractivity contribution in [2.45, 2.75) is 0 Å². The molecule has 0 aliphatic heterocycles. The largest absolute Gasteiger partial charge is 1.00 e. The van der Waals surface area contributed by atoms with Crippen LogP contribution in [-0.2, 0) is 0 Å². The maximum atomic E-state index is 7.21. The molecule has 0 atom stereocenters. The fourth-order valence-electron chi connectivity index (χ4n) is 0.461. The molecule has 0 spiro atoms. The van der Waals surface area contributed by atoms with Crippen molar-refractivity contribution in [1.82, 2.24) is 0 Å². The van der Waals surface area contributed by atoms with Crippen molar-refractivity contribution in [3.8, 4) is 0 Å². The predicted molar refractivity (Wildman–Crippen MR) is 43.1 cm³/mol. The molecule has 0 fully saturated rings. The molecule has 0 aliphatic carbocycles. The Kier molecular flexibility index (Phi) is 5.88. The van der Waals surface area contributed by atoms with E-state index in [0.29, 0.717) is 5.69 Å². The summed E-state index contributed by atoms with van der Waals surface area (Å²) in [6, 6.07) is 7.50. The molecule has 0 saturated heterocycles. The average Bonchev–Trinajstić information content (AvgIpc) is 1.77. The first-order chi connectivity index (χ1) is 3.80. The number of hydrogen-bond donors (Lipinski definition) is 0. The topological polar surface area (TPSA) is 23.8 Å². The molecule has 1 aromatic carbocycles. The van der Waals surface area contributed by atoms with Gasteiger partial charge in [0.05, 0.1) is 0 Å². The zero-order valence-electron chi connectivity index (χ0n) is 5.19. The summed E-state index contributed by atoms with van der Waals surface area (Å²) in [7, 11) is 0. The van der Waals surface area contributed by atoms with Crippen molar-refractivity contribution < 1.29 is 51.4 Å². The van der Waals surface area contributed by atoms with Gasteiger partial charge in [-0.1, -0.05) is 24.3 Å². The van der Waals surface area contributed by atoms with Gasteiger partial charge in [0.25, 0.3) is 0 Å². The van der Waals surface area contributed by atoms with E-state index in [0.717, 1.165) is 3.57 Å². The zero-order chi connectivity index (χ0) is 5.98. The van der Waals surface area contributed by atoms with Gasteiger partial charge in [-0.2, -0.15) is 0 Å². The van der Waals surface area contributed by atoms with Gasteiger partial charge in [0.2, 0.25) is 0 Å². The quantitative estimate of drug-likeness (QED) is 0.461. The molecule has 1 rings (SSSR count). The molecule has 0 amide bonds. The zero-order valence-corrected chi connectivity index (χ0v) is 10.5. The van der Waals surface area contributed by atoms with Crippen LogP contribution in [0, 0.1) is 3.57 Å². The molecule has 0 aromatic heterocycles. The number of halogens is 1. The van der Waals surface area contributed by atoms with Gasteiger partial charge in [0.15, 0.2) is 0 Å². The van der Waals surface area contributed by atoms with Gasteiger partial charge in [-0.05, 0) is 26.2 Å². The third-order valence-corrected chi connectivity index (χ3v) is 1.81. The van der Waals surface area contributed by atoms with E-state index in [-0.39, 0.29) is 51.4 Å². The van der Waals surface area contributed by atoms with Crippen LogP contribution in [0.4, 0.5) is 5.69 Å². The summed E-state index contributed by atoms with van der Waals surface area (Å²) in [5.74, 6) is 0. The number of hydrogen-bond acceptors (Lipinski definition) is 0. The van der Waals surface area contributed by atoms with Crippen LogP contribution in [0.3, 0.4) is 0 Å². The van der Waals surface area contributed by atoms with E-state index in [4.69, 9.17) is 5.73 Å². The van der Waals surface area contributed by atoms with Crippen molar-refractivity contribution in [2.75, 3.05) is 0 Å². The van der Waals surface area contributed by atoms with E-state index in [9.17, 15) is 0 Å². The molecule has 0 heterocycles. The summed E-state index contributed by atoms with van der Waals surface area (Å²) in [5, 5.41) is 0. The summed E-state index contributed by atoms with van der Waals surface area (Å²) >= 11 is 2.14. The second kappa shape index (κ2) is 5.09. The van der Waals surface area contributed by atoms with E-state index in [1.807, 2.05) is 18.2 Å². The first-order valence-electron chi connectivity index (χ1n) is 2.27. The molecule has 0 aliphatic rings. The fraction of sp³-hybridized carbons (Fsp3) is 0. The van der Waals surface area contributed by atoms with Crippen LogP contribution in [0.2, 0.25) is 0 Å². The fourth-order valence-corrected chi connectivity index (χ4v) is 0.849. The second-order valence-corrected chi connectivity index (χ2v) is 2.64. The molecule has 42 valence electrons. The van der Waals surface area contributed by atoms with Gasteiger partial charge < -0.3 is 5.73 Å². The smallest absolute Gasteiger partial charge is 0.698 e. The Morgan fingerprint density at radius 3 is 2.11 bits per heavy atom. The molecule has 1 nitrogen and oxygen atoms in total. The minimum absolute atomic E-state index is 0. The molecular formula is C6H5IKN. The number of benzene rings is 1. The van der Waals surface area contributed by atoms with Crippen LogP contribution in [0.5, 0.6) is 0 Å². The second-order valence-electron chi connectivity index (χ2n) is 1.48. The summed E-state index contributed by atoms with van der Waals surface area (Å²) in [5.41, 5.74) is 7.82. The van der Waals surface area contributed by atoms with Crippen LogP contribution in [0.15, 0.2) is 24.3 Å². The van der Waals surface area contributed by atoms with E-state index < -0.39 is 0 Å². The van der Waals surface area contributed by atoms with Crippen molar-refractivity contribution in [3.63, 3.8) is 0 Å². The first-order valence-corrected chi connectivity index (χ1v) is 3.35. The van der Waals surface area contributed by atoms with Crippen molar-refractivity contribution in [2.24, 2.45) is 0 Å². The van der Waals surface area contributed by atoms with Crippen molar-refractivity contribution in [1.29, 1.82) is 0 Å². The molecule has 0 saturated carbocycles. The van der Waals surface area contributed by atoms with E-state index in [1.54, 1.807) is 6.07 Å². The van der Waals surface area contributed by atoms with Crippen LogP contribution in [-0.4, -0.2) is 0 Å². The first kappa shape index (κ1) is 10.4. The van der Waals surface area contributed by atoms with Crippen LogP contribution < -0.4 is 51.4 Å². The van der Waals surface area contributed by atoms with E-state index >= 15 is 0 Å². The maximum absolute atomic E-state index is 7.21. The Morgan fingerprint density at radius 1 is 1.22 bits per heavy atom. The molecule has 0 radical (unpaired) electrons. The SMILES string of the molecule is [K+].[NH-]c1ccccc1I. The van der Waals surface area contributed by atoms with Gasteiger partial charge in [-0.25, -0.2) is 0 Å². The molecular weight excluding hydrogens is 252 g/mol. The summed E-state index contributed by atoms with van der Waals surface area (Å²) < 4.78 is 1.00. The molecule has 1 N–H and O–H groups in total. The minimum Gasteiger partial charge on any atom is -0.698 e. The maximum Gasteiger partial charge on any atom is 1.00 e. The summed E-state index contributed by atoms with van der Waals surface area (Å²) in [6.07, 6.45) is 0. The molecule has 1 aromatic rings. The minimum atomic E-state index is 0. The molecule has 3 heteroatoms. The van der Waals surface area contributed by atoms with Crippen molar-refractivity contribution >= 4 is 28.3 Å². The molecule has 9 heavy (non-hydrogen) atoms. The van der Waals surface area contributed by atoms with Crippen molar-refractivity contribution in [3.05, 3.63) is 33.6 Å². The van der Waals surface area contributed by atoms with Gasteiger partial charge in [-0.15, -0.1) is 5.69 Å². The van der Waals surface area contributed by atoms with E-state index in [2.05, 4.69) is 22.6 Å². The third kappa shape index (κ3) is 3.34. The molecule has 0 unspecified atom stereocenters. The van der Waals surface area contributed by atoms with Gasteiger partial charge in [-0.3, -0.25) is 0 Å². The normalized spacial score (nSPS) is 8.11. The Balaban J connectivity index is 0.000000640. The summed E-state index contributed by atoms with van der Waals surface area (Å²) in [6.45, 7) is 0. The Bertz CT molecular complexity index is 169. The average molecular weight is 257 g/mol. The van der Waals surface area contributed by atoms with Crippen LogP contribution in [0.25, 0.3) is 5.73 Å². The number of rotatable bonds is 0. The van der Waals surface area contributed by atoms with Gasteiger partial charge in [0, 0.05) is 0 Å². The molecule has 0 bridgehead atoms. The predicted octanol–water partition coefficient (Wildman–Crippen LogP) is -0.0211. The Labute approximate surface area is 111 Å². The van der Waals surface area contributed by atoms with Crippen LogP contribution in [0.1, 0.15) is 0 Å². The monoisotopic (exact) mass is 257 g/mol.